The van der Waals surface area contributed by atoms with Crippen molar-refractivity contribution in [2.24, 2.45) is 0 Å². The molecule has 0 atom stereocenters. The fraction of sp³-hybridized carbons (Fsp3) is 0.143. The third kappa shape index (κ3) is 3.48. The number of aromatic amines is 1. The quantitative estimate of drug-likeness (QED) is 0.356. The zero-order valence-electron chi connectivity index (χ0n) is 16.0. The van der Waals surface area contributed by atoms with Gasteiger partial charge in [0.2, 0.25) is 11.7 Å². The minimum absolute atomic E-state index is 0.507. The molecule has 7 nitrogen and oxygen atoms in total. The van der Waals surface area contributed by atoms with E-state index in [4.69, 9.17) is 16.1 Å². The second kappa shape index (κ2) is 7.97. The molecule has 5 aromatic rings. The average Bonchev–Trinajstić information content (AvgIpc) is 3.50. The lowest BCUT2D eigenvalue weighted by Gasteiger charge is -2.05. The van der Waals surface area contributed by atoms with E-state index >= 15 is 0 Å². The Labute approximate surface area is 181 Å². The van der Waals surface area contributed by atoms with Gasteiger partial charge in [0.05, 0.1) is 5.75 Å². The minimum Gasteiger partial charge on any atom is -0.360 e. The Hall–Kier alpha value is -3.10. The summed E-state index contributed by atoms with van der Waals surface area (Å²) in [6, 6.07) is 15.5. The van der Waals surface area contributed by atoms with Crippen LogP contribution in [0.1, 0.15) is 12.8 Å². The topological polar surface area (TPSA) is 85.4 Å². The molecule has 0 saturated carbocycles. The number of nitrogens with zero attached hydrogens (tertiary/aromatic N) is 5. The molecule has 9 heteroatoms. The van der Waals surface area contributed by atoms with Gasteiger partial charge >= 0.3 is 0 Å². The first kappa shape index (κ1) is 18.9. The highest BCUT2D eigenvalue weighted by atomic mass is 35.5. The number of halogens is 1. The van der Waals surface area contributed by atoms with Gasteiger partial charge in [0.25, 0.3) is 0 Å². The summed E-state index contributed by atoms with van der Waals surface area (Å²) in [5, 5.41) is 15.5. The van der Waals surface area contributed by atoms with Gasteiger partial charge in [-0.1, -0.05) is 46.7 Å². The molecule has 0 amide bonds. The number of rotatable bonds is 6. The predicted molar refractivity (Wildman–Crippen MR) is 117 cm³/mol. The molecule has 0 bridgehead atoms. The molecule has 0 unspecified atom stereocenters. The van der Waals surface area contributed by atoms with Crippen LogP contribution in [0, 0.1) is 0 Å². The number of aromatic nitrogens is 6. The summed E-state index contributed by atoms with van der Waals surface area (Å²) in [7, 11) is 0. The van der Waals surface area contributed by atoms with E-state index in [1.807, 2.05) is 30.5 Å². The van der Waals surface area contributed by atoms with E-state index in [2.05, 4.69) is 48.9 Å². The molecule has 3 heterocycles. The average molecular weight is 437 g/mol. The number of thioether (sulfide) groups is 1. The van der Waals surface area contributed by atoms with Gasteiger partial charge in [0.1, 0.15) is 0 Å². The Morgan fingerprint density at radius 2 is 1.93 bits per heavy atom. The highest BCUT2D eigenvalue weighted by Gasteiger charge is 2.17. The van der Waals surface area contributed by atoms with Crippen LogP contribution in [0.5, 0.6) is 0 Å². The summed E-state index contributed by atoms with van der Waals surface area (Å²) >= 11 is 7.46. The third-order valence-corrected chi connectivity index (χ3v) is 5.96. The van der Waals surface area contributed by atoms with Gasteiger partial charge in [-0.3, -0.25) is 0 Å². The molecule has 0 fully saturated rings. The highest BCUT2D eigenvalue weighted by molar-refractivity contribution is 7.98. The minimum atomic E-state index is 0.507. The van der Waals surface area contributed by atoms with Crippen molar-refractivity contribution in [2.75, 3.05) is 0 Å². The summed E-state index contributed by atoms with van der Waals surface area (Å²) in [4.78, 5) is 7.77. The second-order valence-corrected chi connectivity index (χ2v) is 7.98. The molecule has 0 aliphatic heterocycles. The smallest absolute Gasteiger partial charge is 0.237 e. The zero-order valence-corrected chi connectivity index (χ0v) is 17.6. The Bertz CT molecular complexity index is 1310. The van der Waals surface area contributed by atoms with Crippen LogP contribution in [0.15, 0.2) is 64.4 Å². The van der Waals surface area contributed by atoms with E-state index in [-0.39, 0.29) is 0 Å². The molecule has 0 spiro atoms. The largest absolute Gasteiger partial charge is 0.360 e. The molecule has 150 valence electrons. The fourth-order valence-electron chi connectivity index (χ4n) is 3.29. The lowest BCUT2D eigenvalue weighted by atomic mass is 10.1. The van der Waals surface area contributed by atoms with Crippen molar-refractivity contribution in [3.8, 4) is 22.8 Å². The van der Waals surface area contributed by atoms with E-state index in [1.54, 1.807) is 12.1 Å². The van der Waals surface area contributed by atoms with Crippen LogP contribution in [0.25, 0.3) is 33.7 Å². The van der Waals surface area contributed by atoms with Crippen LogP contribution < -0.4 is 0 Å². The Morgan fingerprint density at radius 1 is 1.10 bits per heavy atom. The number of hydrogen-bond acceptors (Lipinski definition) is 6. The van der Waals surface area contributed by atoms with Gasteiger partial charge in [-0.05, 0) is 37.3 Å². The maximum atomic E-state index is 5.94. The molecular weight excluding hydrogens is 420 g/mol. The van der Waals surface area contributed by atoms with Crippen LogP contribution >= 0.6 is 23.4 Å². The predicted octanol–water partition coefficient (Wildman–Crippen LogP) is 5.44. The van der Waals surface area contributed by atoms with Crippen LogP contribution in [0.4, 0.5) is 0 Å². The fourth-order valence-corrected chi connectivity index (χ4v) is 4.26. The summed E-state index contributed by atoms with van der Waals surface area (Å²) in [5.74, 6) is 2.42. The summed E-state index contributed by atoms with van der Waals surface area (Å²) in [5.41, 5.74) is 2.97. The third-order valence-electron chi connectivity index (χ3n) is 4.76. The number of benzene rings is 2. The number of H-pyrrole nitrogens is 1. The second-order valence-electron chi connectivity index (χ2n) is 6.61. The molecule has 5 rings (SSSR count). The van der Waals surface area contributed by atoms with Crippen molar-refractivity contribution < 1.29 is 4.52 Å². The standard InChI is InChI=1S/C21H17ClN6OS/c1-2-28-20(16-11-23-17-6-4-3-5-15(16)17)25-26-21(28)30-12-18-24-19(27-29-18)13-7-9-14(22)10-8-13/h3-11,23H,2,12H2,1H3. The van der Waals surface area contributed by atoms with E-state index in [1.165, 1.54) is 11.8 Å². The maximum absolute atomic E-state index is 5.94. The monoisotopic (exact) mass is 436 g/mol. The summed E-state index contributed by atoms with van der Waals surface area (Å²) < 4.78 is 7.50. The van der Waals surface area contributed by atoms with Crippen molar-refractivity contribution in [1.82, 2.24) is 29.9 Å². The molecule has 0 saturated heterocycles. The van der Waals surface area contributed by atoms with Crippen molar-refractivity contribution in [3.63, 3.8) is 0 Å². The van der Waals surface area contributed by atoms with Gasteiger partial charge in [0, 0.05) is 39.8 Å². The Kier molecular flexibility index (Phi) is 5.02. The van der Waals surface area contributed by atoms with E-state index in [0.717, 1.165) is 39.6 Å². The van der Waals surface area contributed by atoms with Gasteiger partial charge in [-0.15, -0.1) is 10.2 Å². The number of fused-ring (bicyclic) bond motifs is 1. The van der Waals surface area contributed by atoms with Crippen molar-refractivity contribution in [2.45, 2.75) is 24.4 Å². The number of para-hydroxylation sites is 1. The van der Waals surface area contributed by atoms with Crippen molar-refractivity contribution in [1.29, 1.82) is 0 Å². The first-order chi connectivity index (χ1) is 14.7. The van der Waals surface area contributed by atoms with Crippen LogP contribution in [-0.4, -0.2) is 29.9 Å². The number of nitrogens with one attached hydrogen (secondary N) is 1. The lowest BCUT2D eigenvalue weighted by Crippen LogP contribution is -1.99. The Morgan fingerprint density at radius 3 is 2.77 bits per heavy atom. The molecule has 30 heavy (non-hydrogen) atoms. The van der Waals surface area contributed by atoms with Crippen LogP contribution in [0.2, 0.25) is 5.02 Å². The maximum Gasteiger partial charge on any atom is 0.237 e. The Balaban J connectivity index is 1.37. The van der Waals surface area contributed by atoms with E-state index in [0.29, 0.717) is 22.5 Å². The zero-order chi connectivity index (χ0) is 20.5. The van der Waals surface area contributed by atoms with Crippen LogP contribution in [-0.2, 0) is 12.3 Å². The molecule has 3 aromatic heterocycles. The van der Waals surface area contributed by atoms with Gasteiger partial charge in [0.15, 0.2) is 11.0 Å². The molecule has 0 aliphatic carbocycles. The molecule has 1 N–H and O–H groups in total. The SMILES string of the molecule is CCn1c(SCc2nc(-c3ccc(Cl)cc3)no2)nnc1-c1c[nH]c2ccccc12. The molecular formula is C21H17ClN6OS. The first-order valence-electron chi connectivity index (χ1n) is 9.44. The molecule has 2 aromatic carbocycles. The summed E-state index contributed by atoms with van der Waals surface area (Å²) in [6.07, 6.45) is 1.98. The number of hydrogen-bond donors (Lipinski definition) is 1. The first-order valence-corrected chi connectivity index (χ1v) is 10.8. The van der Waals surface area contributed by atoms with Crippen molar-refractivity contribution >= 4 is 34.3 Å². The van der Waals surface area contributed by atoms with E-state index < -0.39 is 0 Å². The van der Waals surface area contributed by atoms with Crippen LogP contribution in [0.3, 0.4) is 0 Å². The van der Waals surface area contributed by atoms with Gasteiger partial charge < -0.3 is 14.1 Å². The van der Waals surface area contributed by atoms with E-state index in [9.17, 15) is 0 Å². The van der Waals surface area contributed by atoms with Gasteiger partial charge in [-0.25, -0.2) is 0 Å². The highest BCUT2D eigenvalue weighted by Crippen LogP contribution is 2.31. The molecule has 0 aliphatic rings. The molecule has 0 radical (unpaired) electrons. The summed E-state index contributed by atoms with van der Waals surface area (Å²) in [6.45, 7) is 2.83. The van der Waals surface area contributed by atoms with Crippen molar-refractivity contribution in [3.05, 3.63) is 65.6 Å². The lowest BCUT2D eigenvalue weighted by molar-refractivity contribution is 0.391. The van der Waals surface area contributed by atoms with Gasteiger partial charge in [-0.2, -0.15) is 4.98 Å². The normalized spacial score (nSPS) is 11.4.